The molecular weight excluding hydrogens is 312 g/mol. The first-order chi connectivity index (χ1) is 12.2. The highest BCUT2D eigenvalue weighted by molar-refractivity contribution is 6.27. The average molecular weight is 334 g/mol. The number of allylic oxidation sites excluding steroid dienone is 1. The molecule has 1 heterocycles. The molecule has 1 N–H and O–H groups in total. The smallest absolute Gasteiger partial charge is 0.167 e. The molecule has 1 fully saturated rings. The zero-order valence-electron chi connectivity index (χ0n) is 14.4. The third kappa shape index (κ3) is 3.17. The van der Waals surface area contributed by atoms with Crippen LogP contribution in [-0.2, 0) is 11.2 Å². The van der Waals surface area contributed by atoms with Crippen LogP contribution in [0, 0.1) is 0 Å². The summed E-state index contributed by atoms with van der Waals surface area (Å²) in [7, 11) is 1.65. The molecule has 1 saturated heterocycles. The summed E-state index contributed by atoms with van der Waals surface area (Å²) in [4.78, 5) is 15.1. The van der Waals surface area contributed by atoms with Crippen LogP contribution in [0.5, 0.6) is 5.75 Å². The third-order valence-corrected chi connectivity index (χ3v) is 4.96. The van der Waals surface area contributed by atoms with E-state index in [1.807, 2.05) is 30.3 Å². The van der Waals surface area contributed by atoms with E-state index in [9.17, 15) is 4.79 Å². The van der Waals surface area contributed by atoms with Gasteiger partial charge in [-0.2, -0.15) is 0 Å². The molecule has 0 unspecified atom stereocenters. The van der Waals surface area contributed by atoms with E-state index in [-0.39, 0.29) is 5.78 Å². The van der Waals surface area contributed by atoms with Gasteiger partial charge in [0.2, 0.25) is 0 Å². The highest BCUT2D eigenvalue weighted by Crippen LogP contribution is 2.31. The zero-order valence-corrected chi connectivity index (χ0v) is 14.4. The van der Waals surface area contributed by atoms with Gasteiger partial charge in [-0.3, -0.25) is 4.79 Å². The van der Waals surface area contributed by atoms with Gasteiger partial charge >= 0.3 is 0 Å². The van der Waals surface area contributed by atoms with E-state index in [1.165, 1.54) is 5.69 Å². The Morgan fingerprint density at radius 3 is 2.52 bits per heavy atom. The minimum atomic E-state index is 0.176. The van der Waals surface area contributed by atoms with Gasteiger partial charge in [-0.05, 0) is 47.0 Å². The summed E-state index contributed by atoms with van der Waals surface area (Å²) in [5.74, 6) is 0.976. The molecule has 0 saturated carbocycles. The number of Topliss-reactive ketones (excluding diaryl/α,β-unsaturated/α-hetero) is 1. The number of ether oxygens (including phenoxy) is 1. The second-order valence-corrected chi connectivity index (χ2v) is 6.51. The topological polar surface area (TPSA) is 41.6 Å². The maximum Gasteiger partial charge on any atom is 0.167 e. The number of rotatable bonds is 3. The van der Waals surface area contributed by atoms with Crippen molar-refractivity contribution in [3.8, 4) is 5.75 Å². The molecule has 2 aromatic rings. The van der Waals surface area contributed by atoms with E-state index in [0.29, 0.717) is 6.42 Å². The number of carbonyl (C=O) groups is 1. The van der Waals surface area contributed by atoms with Crippen molar-refractivity contribution in [3.63, 3.8) is 0 Å². The van der Waals surface area contributed by atoms with E-state index in [2.05, 4.69) is 28.4 Å². The predicted octanol–water partition coefficient (Wildman–Crippen LogP) is 2.77. The Balaban J connectivity index is 1.64. The predicted molar refractivity (Wildman–Crippen MR) is 101 cm³/mol. The van der Waals surface area contributed by atoms with Crippen molar-refractivity contribution in [3.05, 3.63) is 59.2 Å². The van der Waals surface area contributed by atoms with Gasteiger partial charge in [-0.25, -0.2) is 0 Å². The van der Waals surface area contributed by atoms with Gasteiger partial charge in [0.25, 0.3) is 0 Å². The summed E-state index contributed by atoms with van der Waals surface area (Å²) in [6, 6.07) is 14.2. The molecule has 128 valence electrons. The molecule has 1 aliphatic heterocycles. The van der Waals surface area contributed by atoms with Gasteiger partial charge in [0, 0.05) is 43.9 Å². The molecule has 0 spiro atoms. The molecule has 2 aromatic carbocycles. The average Bonchev–Trinajstić information content (AvgIpc) is 2.68. The molecule has 4 heteroatoms. The van der Waals surface area contributed by atoms with E-state index in [1.54, 1.807) is 7.11 Å². The van der Waals surface area contributed by atoms with Crippen LogP contribution in [0.25, 0.3) is 11.6 Å². The number of benzene rings is 2. The van der Waals surface area contributed by atoms with Crippen LogP contribution in [0.3, 0.4) is 0 Å². The molecule has 2 aliphatic rings. The third-order valence-electron chi connectivity index (χ3n) is 4.96. The number of fused-ring (bicyclic) bond motifs is 1. The van der Waals surface area contributed by atoms with Gasteiger partial charge in [-0.1, -0.05) is 18.2 Å². The summed E-state index contributed by atoms with van der Waals surface area (Å²) in [6.07, 6.45) is 2.48. The van der Waals surface area contributed by atoms with Gasteiger partial charge in [0.15, 0.2) is 5.78 Å². The van der Waals surface area contributed by atoms with Crippen LogP contribution >= 0.6 is 0 Å². The van der Waals surface area contributed by atoms with Crippen molar-refractivity contribution in [1.82, 2.24) is 5.32 Å². The summed E-state index contributed by atoms with van der Waals surface area (Å²) in [5.41, 5.74) is 5.21. The lowest BCUT2D eigenvalue weighted by molar-refractivity contribution is -0.113. The largest absolute Gasteiger partial charge is 0.497 e. The molecule has 0 bridgehead atoms. The normalized spacial score (nSPS) is 17.1. The Bertz CT molecular complexity index is 818. The van der Waals surface area contributed by atoms with Crippen LogP contribution in [-0.4, -0.2) is 39.1 Å². The monoisotopic (exact) mass is 334 g/mol. The second-order valence-electron chi connectivity index (χ2n) is 6.51. The van der Waals surface area contributed by atoms with Gasteiger partial charge < -0.3 is 15.0 Å². The maximum atomic E-state index is 12.7. The van der Waals surface area contributed by atoms with Crippen molar-refractivity contribution in [2.24, 2.45) is 0 Å². The highest BCUT2D eigenvalue weighted by Gasteiger charge is 2.21. The van der Waals surface area contributed by atoms with E-state index in [4.69, 9.17) is 4.74 Å². The minimum absolute atomic E-state index is 0.176. The first-order valence-electron chi connectivity index (χ1n) is 8.72. The van der Waals surface area contributed by atoms with Crippen LogP contribution in [0.15, 0.2) is 42.5 Å². The van der Waals surface area contributed by atoms with Crippen molar-refractivity contribution in [2.45, 2.75) is 6.42 Å². The van der Waals surface area contributed by atoms with Crippen molar-refractivity contribution >= 4 is 23.1 Å². The molecule has 0 radical (unpaired) electrons. The van der Waals surface area contributed by atoms with Crippen molar-refractivity contribution in [2.75, 3.05) is 38.2 Å². The summed E-state index contributed by atoms with van der Waals surface area (Å²) in [6.45, 7) is 4.05. The molecule has 1 aliphatic carbocycles. The Kier molecular flexibility index (Phi) is 4.28. The van der Waals surface area contributed by atoms with Crippen molar-refractivity contribution in [1.29, 1.82) is 0 Å². The van der Waals surface area contributed by atoms with Gasteiger partial charge in [0.05, 0.1) is 7.11 Å². The van der Waals surface area contributed by atoms with Crippen LogP contribution in [0.4, 0.5) is 5.69 Å². The fourth-order valence-corrected chi connectivity index (χ4v) is 3.52. The fraction of sp³-hybridized carbons (Fsp3) is 0.286. The quantitative estimate of drug-likeness (QED) is 0.937. The number of nitrogens with one attached hydrogen (secondary N) is 1. The summed E-state index contributed by atoms with van der Waals surface area (Å²) in [5, 5.41) is 3.37. The number of hydrogen-bond donors (Lipinski definition) is 1. The van der Waals surface area contributed by atoms with Gasteiger partial charge in [-0.15, -0.1) is 0 Å². The zero-order chi connectivity index (χ0) is 17.2. The number of nitrogens with zero attached hydrogens (tertiary/aromatic N) is 1. The number of piperazine rings is 1. The van der Waals surface area contributed by atoms with Crippen LogP contribution in [0.2, 0.25) is 0 Å². The molecule has 25 heavy (non-hydrogen) atoms. The Morgan fingerprint density at radius 1 is 1.04 bits per heavy atom. The first-order valence-corrected chi connectivity index (χ1v) is 8.72. The molecule has 4 rings (SSSR count). The van der Waals surface area contributed by atoms with Crippen LogP contribution in [0.1, 0.15) is 16.7 Å². The second kappa shape index (κ2) is 6.73. The maximum absolute atomic E-state index is 12.7. The Hall–Kier alpha value is -2.59. The van der Waals surface area contributed by atoms with E-state index in [0.717, 1.165) is 54.2 Å². The number of methoxy groups -OCH3 is 1. The Morgan fingerprint density at radius 2 is 1.80 bits per heavy atom. The number of hydrogen-bond acceptors (Lipinski definition) is 4. The summed E-state index contributed by atoms with van der Waals surface area (Å²) >= 11 is 0. The van der Waals surface area contributed by atoms with E-state index < -0.39 is 0 Å². The molecule has 4 nitrogen and oxygen atoms in total. The minimum Gasteiger partial charge on any atom is -0.497 e. The first kappa shape index (κ1) is 15.9. The lowest BCUT2D eigenvalue weighted by Crippen LogP contribution is -2.43. The SMILES string of the molecule is COc1ccc(C2=Cc3ccc(N4CCNCC4)cc3CC2=O)cc1. The number of carbonyl (C=O) groups excluding carboxylic acids is 1. The standard InChI is InChI=1S/C21H22N2O2/c1-25-19-6-3-15(4-7-19)20-13-16-2-5-18(12-17(16)14-21(20)24)23-10-8-22-9-11-23/h2-7,12-13,22H,8-11,14H2,1H3. The fourth-order valence-electron chi connectivity index (χ4n) is 3.52. The van der Waals surface area contributed by atoms with Crippen LogP contribution < -0.4 is 15.0 Å². The molecule has 0 atom stereocenters. The molecule has 0 amide bonds. The summed E-state index contributed by atoms with van der Waals surface area (Å²) < 4.78 is 5.20. The highest BCUT2D eigenvalue weighted by atomic mass is 16.5. The van der Waals surface area contributed by atoms with Crippen molar-refractivity contribution < 1.29 is 9.53 Å². The van der Waals surface area contributed by atoms with E-state index >= 15 is 0 Å². The lowest BCUT2D eigenvalue weighted by atomic mass is 9.87. The van der Waals surface area contributed by atoms with Gasteiger partial charge in [0.1, 0.15) is 5.75 Å². The molecule has 0 aromatic heterocycles. The molecular formula is C21H22N2O2. The number of ketones is 1. The lowest BCUT2D eigenvalue weighted by Gasteiger charge is -2.30. The number of anilines is 1. The Labute approximate surface area is 148 Å².